The zero-order chi connectivity index (χ0) is 14.3. The third kappa shape index (κ3) is 4.08. The maximum absolute atomic E-state index is 11.7. The van der Waals surface area contributed by atoms with Gasteiger partial charge in [-0.15, -0.1) is 0 Å². The Bertz CT molecular complexity index is 411. The van der Waals surface area contributed by atoms with Crippen LogP contribution in [0.15, 0.2) is 0 Å². The summed E-state index contributed by atoms with van der Waals surface area (Å²) < 4.78 is 7.14. The van der Waals surface area contributed by atoms with Gasteiger partial charge in [0.05, 0.1) is 18.7 Å². The average Bonchev–Trinajstić information content (AvgIpc) is 2.73. The molecule has 0 aliphatic heterocycles. The minimum absolute atomic E-state index is 0.151. The van der Waals surface area contributed by atoms with Crippen LogP contribution in [-0.4, -0.2) is 22.4 Å². The van der Waals surface area contributed by atoms with E-state index in [2.05, 4.69) is 30.6 Å². The summed E-state index contributed by atoms with van der Waals surface area (Å²) in [5.41, 5.74) is 3.32. The average molecular weight is 266 g/mol. The molecule has 0 fully saturated rings. The van der Waals surface area contributed by atoms with E-state index in [1.165, 1.54) is 5.69 Å². The Hall–Kier alpha value is -1.32. The molecule has 0 aromatic carbocycles. The Kier molecular flexibility index (Phi) is 6.60. The highest BCUT2D eigenvalue weighted by molar-refractivity contribution is 5.73. The van der Waals surface area contributed by atoms with Crippen LogP contribution in [0.2, 0.25) is 0 Å². The highest BCUT2D eigenvalue weighted by atomic mass is 16.5. The van der Waals surface area contributed by atoms with E-state index in [-0.39, 0.29) is 5.97 Å². The van der Waals surface area contributed by atoms with Gasteiger partial charge in [0.2, 0.25) is 0 Å². The Labute approximate surface area is 116 Å². The van der Waals surface area contributed by atoms with Gasteiger partial charge < -0.3 is 4.74 Å². The van der Waals surface area contributed by atoms with Crippen molar-refractivity contribution >= 4 is 5.97 Å². The molecule has 0 saturated carbocycles. The van der Waals surface area contributed by atoms with Crippen LogP contribution in [0.3, 0.4) is 0 Å². The molecule has 1 aromatic heterocycles. The zero-order valence-corrected chi connectivity index (χ0v) is 12.7. The fourth-order valence-corrected chi connectivity index (χ4v) is 2.32. The Morgan fingerprint density at radius 1 is 1.21 bits per heavy atom. The second-order valence-electron chi connectivity index (χ2n) is 4.64. The molecule has 0 unspecified atom stereocenters. The molecule has 4 nitrogen and oxygen atoms in total. The standard InChI is InChI=1S/C15H26N2O2/c1-5-9-10-17-14(7-3)12(13(6-2)16-17)11-15(18)19-8-4/h5-11H2,1-4H3. The number of aryl methyl sites for hydroxylation is 2. The van der Waals surface area contributed by atoms with Crippen molar-refractivity contribution < 1.29 is 9.53 Å². The molecule has 0 radical (unpaired) electrons. The molecule has 4 heteroatoms. The molecule has 0 aliphatic carbocycles. The maximum atomic E-state index is 11.7. The van der Waals surface area contributed by atoms with Gasteiger partial charge in [-0.2, -0.15) is 5.10 Å². The lowest BCUT2D eigenvalue weighted by Crippen LogP contribution is -2.11. The number of unbranched alkanes of at least 4 members (excludes halogenated alkanes) is 1. The molecule has 1 heterocycles. The van der Waals surface area contributed by atoms with E-state index in [1.54, 1.807) is 0 Å². The molecule has 1 rings (SSSR count). The molecule has 1 aromatic rings. The molecule has 0 N–H and O–H groups in total. The van der Waals surface area contributed by atoms with E-state index < -0.39 is 0 Å². The summed E-state index contributed by atoms with van der Waals surface area (Å²) in [7, 11) is 0. The molecular formula is C15H26N2O2. The summed E-state index contributed by atoms with van der Waals surface area (Å²) in [4.78, 5) is 11.7. The number of ether oxygens (including phenoxy) is 1. The minimum atomic E-state index is -0.151. The summed E-state index contributed by atoms with van der Waals surface area (Å²) in [5.74, 6) is -0.151. The van der Waals surface area contributed by atoms with Crippen molar-refractivity contribution in [2.45, 2.75) is 66.3 Å². The van der Waals surface area contributed by atoms with Crippen molar-refractivity contribution in [2.24, 2.45) is 0 Å². The third-order valence-electron chi connectivity index (χ3n) is 3.27. The molecule has 0 amide bonds. The fourth-order valence-electron chi connectivity index (χ4n) is 2.32. The zero-order valence-electron chi connectivity index (χ0n) is 12.7. The number of aromatic nitrogens is 2. The lowest BCUT2D eigenvalue weighted by molar-refractivity contribution is -0.142. The molecule has 0 aliphatic rings. The number of carbonyl (C=O) groups excluding carboxylic acids is 1. The predicted molar refractivity (Wildman–Crippen MR) is 76.2 cm³/mol. The number of nitrogens with zero attached hydrogens (tertiary/aromatic N) is 2. The summed E-state index contributed by atoms with van der Waals surface area (Å²) in [6.07, 6.45) is 4.40. The van der Waals surface area contributed by atoms with Gasteiger partial charge in [0, 0.05) is 17.8 Å². The first-order valence-electron chi connectivity index (χ1n) is 7.40. The van der Waals surface area contributed by atoms with E-state index in [1.807, 2.05) is 6.92 Å². The lowest BCUT2D eigenvalue weighted by Gasteiger charge is -2.07. The van der Waals surface area contributed by atoms with Gasteiger partial charge >= 0.3 is 5.97 Å². The van der Waals surface area contributed by atoms with Crippen molar-refractivity contribution in [3.8, 4) is 0 Å². The van der Waals surface area contributed by atoms with Crippen LogP contribution in [-0.2, 0) is 35.3 Å². The molecule has 0 saturated heterocycles. The van der Waals surface area contributed by atoms with E-state index in [0.717, 1.165) is 43.5 Å². The number of hydrogen-bond donors (Lipinski definition) is 0. The molecule has 0 spiro atoms. The van der Waals surface area contributed by atoms with Crippen molar-refractivity contribution in [2.75, 3.05) is 6.61 Å². The summed E-state index contributed by atoms with van der Waals surface area (Å²) in [6.45, 7) is 9.59. The smallest absolute Gasteiger partial charge is 0.310 e. The van der Waals surface area contributed by atoms with Crippen LogP contribution in [0.4, 0.5) is 0 Å². The summed E-state index contributed by atoms with van der Waals surface area (Å²) in [5, 5.41) is 4.66. The van der Waals surface area contributed by atoms with Crippen molar-refractivity contribution in [1.82, 2.24) is 9.78 Å². The van der Waals surface area contributed by atoms with Crippen molar-refractivity contribution in [1.29, 1.82) is 0 Å². The summed E-state index contributed by atoms with van der Waals surface area (Å²) >= 11 is 0. The topological polar surface area (TPSA) is 44.1 Å². The van der Waals surface area contributed by atoms with Gasteiger partial charge in [-0.05, 0) is 26.2 Å². The van der Waals surface area contributed by atoms with Crippen LogP contribution in [0.25, 0.3) is 0 Å². The lowest BCUT2D eigenvalue weighted by atomic mass is 10.1. The van der Waals surface area contributed by atoms with Gasteiger partial charge in [-0.3, -0.25) is 9.48 Å². The quantitative estimate of drug-likeness (QED) is 0.680. The first kappa shape index (κ1) is 15.7. The van der Waals surface area contributed by atoms with Gasteiger partial charge in [-0.1, -0.05) is 27.2 Å². The van der Waals surface area contributed by atoms with Crippen LogP contribution in [0.5, 0.6) is 0 Å². The predicted octanol–water partition coefficient (Wildman–Crippen LogP) is 2.91. The van der Waals surface area contributed by atoms with Gasteiger partial charge in [0.1, 0.15) is 0 Å². The van der Waals surface area contributed by atoms with Crippen LogP contribution >= 0.6 is 0 Å². The fraction of sp³-hybridized carbons (Fsp3) is 0.733. The largest absolute Gasteiger partial charge is 0.466 e. The summed E-state index contributed by atoms with van der Waals surface area (Å²) in [6, 6.07) is 0. The SMILES string of the molecule is CCCCn1nc(CC)c(CC(=O)OCC)c1CC. The van der Waals surface area contributed by atoms with E-state index in [0.29, 0.717) is 13.0 Å². The Balaban J connectivity index is 2.98. The maximum Gasteiger partial charge on any atom is 0.310 e. The van der Waals surface area contributed by atoms with Gasteiger partial charge in [0.25, 0.3) is 0 Å². The number of carbonyl (C=O) groups is 1. The number of hydrogen-bond acceptors (Lipinski definition) is 3. The van der Waals surface area contributed by atoms with Crippen LogP contribution < -0.4 is 0 Å². The molecule has 19 heavy (non-hydrogen) atoms. The van der Waals surface area contributed by atoms with Crippen molar-refractivity contribution in [3.05, 3.63) is 17.0 Å². The molecule has 0 atom stereocenters. The molecular weight excluding hydrogens is 240 g/mol. The second kappa shape index (κ2) is 7.97. The first-order chi connectivity index (χ1) is 9.17. The number of rotatable bonds is 8. The number of esters is 1. The monoisotopic (exact) mass is 266 g/mol. The molecule has 0 bridgehead atoms. The highest BCUT2D eigenvalue weighted by Gasteiger charge is 2.18. The van der Waals surface area contributed by atoms with E-state index >= 15 is 0 Å². The van der Waals surface area contributed by atoms with E-state index in [9.17, 15) is 4.79 Å². The van der Waals surface area contributed by atoms with E-state index in [4.69, 9.17) is 4.74 Å². The second-order valence-corrected chi connectivity index (χ2v) is 4.64. The Morgan fingerprint density at radius 2 is 1.95 bits per heavy atom. The van der Waals surface area contributed by atoms with Gasteiger partial charge in [-0.25, -0.2) is 0 Å². The Morgan fingerprint density at radius 3 is 2.47 bits per heavy atom. The molecule has 108 valence electrons. The van der Waals surface area contributed by atoms with Gasteiger partial charge in [0.15, 0.2) is 0 Å². The minimum Gasteiger partial charge on any atom is -0.466 e. The normalized spacial score (nSPS) is 10.7. The third-order valence-corrected chi connectivity index (χ3v) is 3.27. The highest BCUT2D eigenvalue weighted by Crippen LogP contribution is 2.18. The van der Waals surface area contributed by atoms with Crippen LogP contribution in [0.1, 0.15) is 57.5 Å². The van der Waals surface area contributed by atoms with Crippen LogP contribution in [0, 0.1) is 0 Å². The first-order valence-corrected chi connectivity index (χ1v) is 7.40. The van der Waals surface area contributed by atoms with Crippen molar-refractivity contribution in [3.63, 3.8) is 0 Å².